The van der Waals surface area contributed by atoms with E-state index in [4.69, 9.17) is 18.9 Å². The van der Waals surface area contributed by atoms with E-state index in [1.807, 2.05) is 74.5 Å². The van der Waals surface area contributed by atoms with Crippen molar-refractivity contribution in [3.8, 4) is 0 Å². The molecule has 1 saturated heterocycles. The molecular weight excluding hydrogens is 356 g/mol. The third kappa shape index (κ3) is 4.98. The molecule has 3 rings (SSSR count). The summed E-state index contributed by atoms with van der Waals surface area (Å²) in [6.07, 6.45) is -1.56. The Balaban J connectivity index is 1.74. The molecule has 3 unspecified atom stereocenters. The summed E-state index contributed by atoms with van der Waals surface area (Å²) in [6.45, 7) is 4.76. The summed E-state index contributed by atoms with van der Waals surface area (Å²) in [5.74, 6) is -0.581. The Morgan fingerprint density at radius 2 is 1.36 bits per heavy atom. The number of rotatable bonds is 7. The molecule has 1 aliphatic heterocycles. The van der Waals surface area contributed by atoms with Gasteiger partial charge in [0.1, 0.15) is 6.10 Å². The first-order valence-corrected chi connectivity index (χ1v) is 9.64. The zero-order chi connectivity index (χ0) is 19.9. The van der Waals surface area contributed by atoms with Crippen LogP contribution in [-0.4, -0.2) is 37.5 Å². The summed E-state index contributed by atoms with van der Waals surface area (Å²) in [4.78, 5) is 12.2. The molecule has 0 N–H and O–H groups in total. The number of carbonyl (C=O) groups excluding carboxylic acids is 1. The first-order valence-electron chi connectivity index (χ1n) is 9.64. The van der Waals surface area contributed by atoms with Gasteiger partial charge in [0.05, 0.1) is 32.5 Å². The van der Waals surface area contributed by atoms with Crippen molar-refractivity contribution in [1.82, 2.24) is 0 Å². The Kier molecular flexibility index (Phi) is 7.20. The minimum absolute atomic E-state index is 0.201. The summed E-state index contributed by atoms with van der Waals surface area (Å²) >= 11 is 0. The van der Waals surface area contributed by atoms with Crippen LogP contribution in [0.1, 0.15) is 25.0 Å². The lowest BCUT2D eigenvalue weighted by Crippen LogP contribution is -2.56. The van der Waals surface area contributed by atoms with Gasteiger partial charge >= 0.3 is 5.97 Å². The molecule has 5 heteroatoms. The van der Waals surface area contributed by atoms with Crippen LogP contribution in [-0.2, 0) is 37.0 Å². The first kappa shape index (κ1) is 20.5. The molecule has 150 valence electrons. The van der Waals surface area contributed by atoms with Gasteiger partial charge in [-0.3, -0.25) is 0 Å². The summed E-state index contributed by atoms with van der Waals surface area (Å²) in [7, 11) is 1.38. The zero-order valence-corrected chi connectivity index (χ0v) is 16.6. The summed E-state index contributed by atoms with van der Waals surface area (Å²) in [5.41, 5.74) is 2.16. The molecule has 5 nitrogen and oxygen atoms in total. The maximum Gasteiger partial charge on any atom is 0.335 e. The fourth-order valence-electron chi connectivity index (χ4n) is 3.57. The zero-order valence-electron chi connectivity index (χ0n) is 16.6. The number of benzene rings is 2. The van der Waals surface area contributed by atoms with Crippen molar-refractivity contribution in [1.29, 1.82) is 0 Å². The molecule has 0 aromatic heterocycles. The van der Waals surface area contributed by atoms with Gasteiger partial charge in [0.15, 0.2) is 6.10 Å². The van der Waals surface area contributed by atoms with Gasteiger partial charge in [-0.25, -0.2) is 4.79 Å². The summed E-state index contributed by atoms with van der Waals surface area (Å²) < 4.78 is 23.4. The van der Waals surface area contributed by atoms with E-state index in [1.165, 1.54) is 7.11 Å². The van der Waals surface area contributed by atoms with E-state index in [0.717, 1.165) is 11.1 Å². The lowest BCUT2D eigenvalue weighted by Gasteiger charge is -2.43. The van der Waals surface area contributed by atoms with Crippen LogP contribution < -0.4 is 0 Å². The average molecular weight is 384 g/mol. The fourth-order valence-corrected chi connectivity index (χ4v) is 3.57. The van der Waals surface area contributed by atoms with Crippen LogP contribution in [0.2, 0.25) is 0 Å². The van der Waals surface area contributed by atoms with Crippen LogP contribution in [0.5, 0.6) is 0 Å². The molecule has 2 aromatic carbocycles. The smallest absolute Gasteiger partial charge is 0.335 e. The molecule has 1 fully saturated rings. The summed E-state index contributed by atoms with van der Waals surface area (Å²) in [6, 6.07) is 20.0. The molecular formula is C23H28O5. The highest BCUT2D eigenvalue weighted by atomic mass is 16.6. The second-order valence-electron chi connectivity index (χ2n) is 7.17. The molecule has 0 bridgehead atoms. The monoisotopic (exact) mass is 384 g/mol. The highest BCUT2D eigenvalue weighted by Crippen LogP contribution is 2.32. The maximum atomic E-state index is 12.2. The Morgan fingerprint density at radius 1 is 0.857 bits per heavy atom. The number of hydrogen-bond acceptors (Lipinski definition) is 5. The second kappa shape index (κ2) is 9.82. The van der Waals surface area contributed by atoms with Gasteiger partial charge in [-0.05, 0) is 18.1 Å². The molecule has 1 aliphatic rings. The predicted molar refractivity (Wildman–Crippen MR) is 106 cm³/mol. The maximum absolute atomic E-state index is 12.2. The molecule has 0 radical (unpaired) electrons. The average Bonchev–Trinajstić information content (AvgIpc) is 2.74. The van der Waals surface area contributed by atoms with Gasteiger partial charge in [0.25, 0.3) is 0 Å². The molecule has 0 amide bonds. The number of methoxy groups -OCH3 is 1. The Bertz CT molecular complexity index is 733. The van der Waals surface area contributed by atoms with E-state index >= 15 is 0 Å². The summed E-state index contributed by atoms with van der Waals surface area (Å²) in [5, 5.41) is 0. The third-order valence-corrected chi connectivity index (χ3v) is 5.15. The van der Waals surface area contributed by atoms with Gasteiger partial charge in [-0.1, -0.05) is 67.6 Å². The highest BCUT2D eigenvalue weighted by molar-refractivity contribution is 5.75. The van der Waals surface area contributed by atoms with Crippen molar-refractivity contribution in [2.45, 2.75) is 51.5 Å². The SMILES string of the molecule is COC(=O)C1OC(C)C(OCc2ccccc2)[C@H](OCc2ccccc2)[C@@H]1C. The minimum Gasteiger partial charge on any atom is -0.467 e. The van der Waals surface area contributed by atoms with E-state index in [1.54, 1.807) is 0 Å². The Labute approximate surface area is 166 Å². The Morgan fingerprint density at radius 3 is 1.86 bits per heavy atom. The molecule has 28 heavy (non-hydrogen) atoms. The van der Waals surface area contributed by atoms with Crippen LogP contribution >= 0.6 is 0 Å². The fraction of sp³-hybridized carbons (Fsp3) is 0.435. The first-order chi connectivity index (χ1) is 13.6. The van der Waals surface area contributed by atoms with Gasteiger partial charge in [-0.15, -0.1) is 0 Å². The van der Waals surface area contributed by atoms with E-state index < -0.39 is 6.10 Å². The van der Waals surface area contributed by atoms with Gasteiger partial charge in [0.2, 0.25) is 0 Å². The normalized spacial score (nSPS) is 27.3. The quantitative estimate of drug-likeness (QED) is 0.681. The van der Waals surface area contributed by atoms with Crippen molar-refractivity contribution < 1.29 is 23.7 Å². The second-order valence-corrected chi connectivity index (χ2v) is 7.17. The highest BCUT2D eigenvalue weighted by Gasteiger charge is 2.46. The number of hydrogen-bond donors (Lipinski definition) is 0. The van der Waals surface area contributed by atoms with E-state index in [9.17, 15) is 4.79 Å². The molecule has 0 aliphatic carbocycles. The lowest BCUT2D eigenvalue weighted by atomic mass is 9.88. The minimum atomic E-state index is -0.669. The third-order valence-electron chi connectivity index (χ3n) is 5.15. The van der Waals surface area contributed by atoms with E-state index in [2.05, 4.69) is 0 Å². The predicted octanol–water partition coefficient (Wildman–Crippen LogP) is 3.75. The van der Waals surface area contributed by atoms with Crippen LogP contribution in [0.4, 0.5) is 0 Å². The van der Waals surface area contributed by atoms with Crippen molar-refractivity contribution in [2.24, 2.45) is 5.92 Å². The van der Waals surface area contributed by atoms with Crippen molar-refractivity contribution in [3.63, 3.8) is 0 Å². The topological polar surface area (TPSA) is 54.0 Å². The molecule has 0 saturated carbocycles. The Hall–Kier alpha value is -2.21. The molecule has 5 atom stereocenters. The van der Waals surface area contributed by atoms with E-state index in [-0.39, 0.29) is 30.2 Å². The van der Waals surface area contributed by atoms with Crippen LogP contribution in [0.25, 0.3) is 0 Å². The molecule has 2 aromatic rings. The van der Waals surface area contributed by atoms with Crippen LogP contribution in [0, 0.1) is 5.92 Å². The number of ether oxygens (including phenoxy) is 4. The largest absolute Gasteiger partial charge is 0.467 e. The van der Waals surface area contributed by atoms with Crippen molar-refractivity contribution >= 4 is 5.97 Å². The van der Waals surface area contributed by atoms with Gasteiger partial charge < -0.3 is 18.9 Å². The van der Waals surface area contributed by atoms with Crippen molar-refractivity contribution in [2.75, 3.05) is 7.11 Å². The van der Waals surface area contributed by atoms with Crippen LogP contribution in [0.15, 0.2) is 60.7 Å². The van der Waals surface area contributed by atoms with E-state index in [0.29, 0.717) is 13.2 Å². The lowest BCUT2D eigenvalue weighted by molar-refractivity contribution is -0.232. The molecule has 1 heterocycles. The number of esters is 1. The van der Waals surface area contributed by atoms with Crippen LogP contribution in [0.3, 0.4) is 0 Å². The van der Waals surface area contributed by atoms with Gasteiger partial charge in [-0.2, -0.15) is 0 Å². The standard InChI is InChI=1S/C23H28O5/c1-16-20(26-14-18-10-6-4-7-11-18)22(17(2)28-21(16)23(24)25-3)27-15-19-12-8-5-9-13-19/h4-13,16-17,20-22H,14-15H2,1-3H3/t16-,17?,20+,21?,22?/m0/s1. The van der Waals surface area contributed by atoms with Crippen molar-refractivity contribution in [3.05, 3.63) is 71.8 Å². The molecule has 0 spiro atoms. The van der Waals surface area contributed by atoms with Gasteiger partial charge in [0, 0.05) is 5.92 Å². The number of carbonyl (C=O) groups is 1.